The van der Waals surface area contributed by atoms with E-state index in [4.69, 9.17) is 0 Å². The summed E-state index contributed by atoms with van der Waals surface area (Å²) in [5, 5.41) is 12.8. The summed E-state index contributed by atoms with van der Waals surface area (Å²) in [5.74, 6) is 0. The first-order chi connectivity index (χ1) is 10.3. The molecule has 108 valence electrons. The van der Waals surface area contributed by atoms with E-state index in [1.807, 2.05) is 12.1 Å². The van der Waals surface area contributed by atoms with Crippen LogP contribution in [-0.2, 0) is 0 Å². The third-order valence-electron chi connectivity index (χ3n) is 4.52. The lowest BCUT2D eigenvalue weighted by Gasteiger charge is -2.37. The molecule has 0 radical (unpaired) electrons. The fourth-order valence-electron chi connectivity index (χ4n) is 3.33. The molecule has 2 aromatic carbocycles. The Hall–Kier alpha value is -2.13. The van der Waals surface area contributed by atoms with E-state index in [9.17, 15) is 5.21 Å². The van der Waals surface area contributed by atoms with Crippen molar-refractivity contribution in [3.8, 4) is 0 Å². The third kappa shape index (κ3) is 2.83. The maximum atomic E-state index is 9.29. The third-order valence-corrected chi connectivity index (χ3v) is 4.52. The zero-order valence-electron chi connectivity index (χ0n) is 12.2. The van der Waals surface area contributed by atoms with E-state index in [1.54, 1.807) is 0 Å². The first-order valence-electron chi connectivity index (χ1n) is 7.42. The Balaban J connectivity index is 1.95. The molecule has 0 unspecified atom stereocenters. The summed E-state index contributed by atoms with van der Waals surface area (Å²) in [6, 6.07) is 21.7. The van der Waals surface area contributed by atoms with Gasteiger partial charge in [0.2, 0.25) is 0 Å². The summed E-state index contributed by atoms with van der Waals surface area (Å²) < 4.78 is 0. The Morgan fingerprint density at radius 3 is 1.67 bits per heavy atom. The number of hydrogen-bond donors (Lipinski definition) is 2. The number of piperidine rings is 1. The zero-order chi connectivity index (χ0) is 14.7. The second-order valence-electron chi connectivity index (χ2n) is 5.75. The van der Waals surface area contributed by atoms with Gasteiger partial charge in [-0.25, -0.2) is 0 Å². The van der Waals surface area contributed by atoms with Crippen LogP contribution in [0.4, 0.5) is 0 Å². The van der Waals surface area contributed by atoms with Gasteiger partial charge in [-0.3, -0.25) is 0 Å². The van der Waals surface area contributed by atoms with Crippen molar-refractivity contribution < 1.29 is 10.1 Å². The molecule has 21 heavy (non-hydrogen) atoms. The van der Waals surface area contributed by atoms with E-state index in [2.05, 4.69) is 60.7 Å². The SMILES string of the molecule is C[NH+]1[C@@H](c2ccccc2)CC(=NO)C[C@@H]1c1ccccc1. The van der Waals surface area contributed by atoms with E-state index in [0.717, 1.165) is 18.6 Å². The van der Waals surface area contributed by atoms with Crippen LogP contribution in [-0.4, -0.2) is 18.0 Å². The maximum Gasteiger partial charge on any atom is 0.119 e. The number of oxime groups is 1. The van der Waals surface area contributed by atoms with Crippen LogP contribution < -0.4 is 4.90 Å². The number of quaternary nitrogens is 1. The molecule has 3 rings (SSSR count). The van der Waals surface area contributed by atoms with Crippen molar-refractivity contribution in [1.82, 2.24) is 0 Å². The zero-order valence-corrected chi connectivity index (χ0v) is 12.2. The van der Waals surface area contributed by atoms with Crippen molar-refractivity contribution in [2.24, 2.45) is 5.16 Å². The lowest BCUT2D eigenvalue weighted by atomic mass is 9.87. The Bertz CT molecular complexity index is 558. The Morgan fingerprint density at radius 1 is 0.857 bits per heavy atom. The Morgan fingerprint density at radius 2 is 1.29 bits per heavy atom. The van der Waals surface area contributed by atoms with Crippen molar-refractivity contribution in [3.05, 3.63) is 71.8 Å². The summed E-state index contributed by atoms with van der Waals surface area (Å²) in [7, 11) is 2.24. The molecule has 1 fully saturated rings. The van der Waals surface area contributed by atoms with Gasteiger partial charge in [-0.1, -0.05) is 65.8 Å². The van der Waals surface area contributed by atoms with Crippen molar-refractivity contribution in [2.75, 3.05) is 7.05 Å². The van der Waals surface area contributed by atoms with E-state index >= 15 is 0 Å². The normalized spacial score (nSPS) is 25.6. The standard InChI is InChI=1S/C18H20N2O/c1-20-17(14-8-4-2-5-9-14)12-16(19-21)13-18(20)15-10-6-3-7-11-15/h2-11,17-18,21H,12-13H2,1H3/p+1/t17-,18-/m1/s1. The number of likely N-dealkylation sites (tertiary alicyclic amines) is 1. The molecule has 0 amide bonds. The topological polar surface area (TPSA) is 37.0 Å². The minimum Gasteiger partial charge on any atom is -0.411 e. The molecule has 3 nitrogen and oxygen atoms in total. The number of benzene rings is 2. The summed E-state index contributed by atoms with van der Waals surface area (Å²) in [4.78, 5) is 1.46. The average Bonchev–Trinajstić information content (AvgIpc) is 2.57. The molecule has 1 heterocycles. The van der Waals surface area contributed by atoms with Gasteiger partial charge in [-0.05, 0) is 0 Å². The highest BCUT2D eigenvalue weighted by atomic mass is 16.4. The van der Waals surface area contributed by atoms with Gasteiger partial charge in [0, 0.05) is 24.0 Å². The summed E-state index contributed by atoms with van der Waals surface area (Å²) in [5.41, 5.74) is 3.50. The molecule has 2 atom stereocenters. The van der Waals surface area contributed by atoms with Crippen LogP contribution in [0.25, 0.3) is 0 Å². The minimum absolute atomic E-state index is 0.330. The molecule has 1 aliphatic rings. The van der Waals surface area contributed by atoms with Gasteiger partial charge in [0.15, 0.2) is 0 Å². The smallest absolute Gasteiger partial charge is 0.119 e. The van der Waals surface area contributed by atoms with Crippen molar-refractivity contribution in [1.29, 1.82) is 0 Å². The van der Waals surface area contributed by atoms with E-state index in [0.29, 0.717) is 12.1 Å². The van der Waals surface area contributed by atoms with Crippen molar-refractivity contribution in [3.63, 3.8) is 0 Å². The monoisotopic (exact) mass is 281 g/mol. The molecule has 0 spiro atoms. The lowest BCUT2D eigenvalue weighted by molar-refractivity contribution is -0.945. The van der Waals surface area contributed by atoms with Crippen LogP contribution in [0.3, 0.4) is 0 Å². The fraction of sp³-hybridized carbons (Fsp3) is 0.278. The van der Waals surface area contributed by atoms with Gasteiger partial charge in [0.1, 0.15) is 12.1 Å². The van der Waals surface area contributed by atoms with Crippen LogP contribution in [0.1, 0.15) is 36.1 Å². The maximum absolute atomic E-state index is 9.29. The first-order valence-corrected chi connectivity index (χ1v) is 7.42. The molecule has 3 heteroatoms. The summed E-state index contributed by atoms with van der Waals surface area (Å²) >= 11 is 0. The van der Waals surface area contributed by atoms with Gasteiger partial charge in [0.05, 0.1) is 12.8 Å². The second-order valence-corrected chi connectivity index (χ2v) is 5.75. The van der Waals surface area contributed by atoms with Gasteiger partial charge in [-0.15, -0.1) is 0 Å². The number of nitrogens with zero attached hydrogens (tertiary/aromatic N) is 1. The second kappa shape index (κ2) is 6.10. The van der Waals surface area contributed by atoms with Crippen molar-refractivity contribution in [2.45, 2.75) is 24.9 Å². The molecule has 0 bridgehead atoms. The Labute approximate surface area is 125 Å². The number of hydrogen-bond acceptors (Lipinski definition) is 2. The number of nitrogens with one attached hydrogen (secondary N) is 1. The van der Waals surface area contributed by atoms with E-state index < -0.39 is 0 Å². The highest BCUT2D eigenvalue weighted by Gasteiger charge is 2.36. The predicted octanol–water partition coefficient (Wildman–Crippen LogP) is 2.61. The van der Waals surface area contributed by atoms with E-state index in [-0.39, 0.29) is 0 Å². The first kappa shape index (κ1) is 13.8. The average molecular weight is 281 g/mol. The van der Waals surface area contributed by atoms with Crippen LogP contribution in [0.15, 0.2) is 65.8 Å². The molecule has 2 N–H and O–H groups in total. The van der Waals surface area contributed by atoms with Gasteiger partial charge in [-0.2, -0.15) is 0 Å². The van der Waals surface area contributed by atoms with Crippen LogP contribution in [0.5, 0.6) is 0 Å². The largest absolute Gasteiger partial charge is 0.411 e. The van der Waals surface area contributed by atoms with Gasteiger partial charge >= 0.3 is 0 Å². The quantitative estimate of drug-likeness (QED) is 0.644. The van der Waals surface area contributed by atoms with Gasteiger partial charge < -0.3 is 10.1 Å². The summed E-state index contributed by atoms with van der Waals surface area (Å²) in [6.07, 6.45) is 1.63. The van der Waals surface area contributed by atoms with Crippen molar-refractivity contribution >= 4 is 5.71 Å². The fourth-order valence-corrected chi connectivity index (χ4v) is 3.33. The van der Waals surface area contributed by atoms with Crippen LogP contribution in [0, 0.1) is 0 Å². The molecular formula is C18H21N2O+. The van der Waals surface area contributed by atoms with Crippen LogP contribution >= 0.6 is 0 Å². The number of rotatable bonds is 2. The van der Waals surface area contributed by atoms with Gasteiger partial charge in [0.25, 0.3) is 0 Å². The van der Waals surface area contributed by atoms with Crippen LogP contribution in [0.2, 0.25) is 0 Å². The molecule has 1 aliphatic heterocycles. The minimum atomic E-state index is 0.330. The molecular weight excluding hydrogens is 260 g/mol. The predicted molar refractivity (Wildman–Crippen MR) is 83.7 cm³/mol. The molecule has 0 saturated carbocycles. The molecule has 1 saturated heterocycles. The molecule has 2 aromatic rings. The van der Waals surface area contributed by atoms with E-state index in [1.165, 1.54) is 16.0 Å². The highest BCUT2D eigenvalue weighted by molar-refractivity contribution is 5.85. The Kier molecular flexibility index (Phi) is 4.02. The molecule has 0 aromatic heterocycles. The molecule has 0 aliphatic carbocycles. The summed E-state index contributed by atoms with van der Waals surface area (Å²) in [6.45, 7) is 0. The lowest BCUT2D eigenvalue weighted by Crippen LogP contribution is -3.10. The highest BCUT2D eigenvalue weighted by Crippen LogP contribution is 2.26.